The van der Waals surface area contributed by atoms with Crippen LogP contribution in [0.1, 0.15) is 108 Å². The fraction of sp³-hybridized carbons (Fsp3) is 0.607. The van der Waals surface area contributed by atoms with Crippen molar-refractivity contribution < 1.29 is 14.3 Å². The maximum absolute atomic E-state index is 11.9. The SMILES string of the molecule is CCCCCCCCCCC(Cc1ncccn1)c1ccc(OC(=O)OCCCCC)cc1. The molecule has 1 aromatic carbocycles. The Bertz CT molecular complexity index is 749. The lowest BCUT2D eigenvalue weighted by atomic mass is 9.89. The first kappa shape index (κ1) is 26.8. The van der Waals surface area contributed by atoms with E-state index in [0.717, 1.165) is 37.9 Å². The van der Waals surface area contributed by atoms with Gasteiger partial charge in [-0.3, -0.25) is 0 Å². The second-order valence-corrected chi connectivity index (χ2v) is 8.81. The molecule has 0 aliphatic heterocycles. The van der Waals surface area contributed by atoms with Crippen molar-refractivity contribution in [2.24, 2.45) is 0 Å². The van der Waals surface area contributed by atoms with Gasteiger partial charge in [-0.25, -0.2) is 14.8 Å². The van der Waals surface area contributed by atoms with Gasteiger partial charge in [0.15, 0.2) is 0 Å². The van der Waals surface area contributed by atoms with Gasteiger partial charge in [-0.2, -0.15) is 0 Å². The van der Waals surface area contributed by atoms with Gasteiger partial charge >= 0.3 is 6.16 Å². The summed E-state index contributed by atoms with van der Waals surface area (Å²) >= 11 is 0. The lowest BCUT2D eigenvalue weighted by Gasteiger charge is -2.17. The lowest BCUT2D eigenvalue weighted by molar-refractivity contribution is 0.0974. The van der Waals surface area contributed by atoms with Crippen LogP contribution in [0.2, 0.25) is 0 Å². The molecule has 0 amide bonds. The van der Waals surface area contributed by atoms with Gasteiger partial charge in [0.2, 0.25) is 0 Å². The van der Waals surface area contributed by atoms with Crippen LogP contribution in [0.3, 0.4) is 0 Å². The molecule has 1 heterocycles. The van der Waals surface area contributed by atoms with Gasteiger partial charge < -0.3 is 9.47 Å². The highest BCUT2D eigenvalue weighted by atomic mass is 16.7. The molecule has 33 heavy (non-hydrogen) atoms. The van der Waals surface area contributed by atoms with E-state index in [1.807, 2.05) is 18.2 Å². The molecule has 0 saturated heterocycles. The Morgan fingerprint density at radius 3 is 2.09 bits per heavy atom. The van der Waals surface area contributed by atoms with Gasteiger partial charge in [-0.15, -0.1) is 0 Å². The number of aromatic nitrogens is 2. The Balaban J connectivity index is 1.86. The second-order valence-electron chi connectivity index (χ2n) is 8.81. The maximum Gasteiger partial charge on any atom is 0.513 e. The number of unbranched alkanes of at least 4 members (excludes halogenated alkanes) is 9. The molecule has 0 fully saturated rings. The van der Waals surface area contributed by atoms with Gasteiger partial charge in [0.25, 0.3) is 0 Å². The van der Waals surface area contributed by atoms with Crippen molar-refractivity contribution in [2.45, 2.75) is 103 Å². The number of hydrogen-bond donors (Lipinski definition) is 0. The first-order valence-corrected chi connectivity index (χ1v) is 12.9. The zero-order valence-corrected chi connectivity index (χ0v) is 20.6. The van der Waals surface area contributed by atoms with Crippen molar-refractivity contribution in [1.29, 1.82) is 0 Å². The summed E-state index contributed by atoms with van der Waals surface area (Å²) in [7, 11) is 0. The highest BCUT2D eigenvalue weighted by Gasteiger charge is 2.15. The quantitative estimate of drug-likeness (QED) is 0.137. The zero-order chi connectivity index (χ0) is 23.6. The van der Waals surface area contributed by atoms with Crippen LogP contribution in [0, 0.1) is 0 Å². The van der Waals surface area contributed by atoms with E-state index in [4.69, 9.17) is 9.47 Å². The summed E-state index contributed by atoms with van der Waals surface area (Å²) in [6.45, 7) is 4.78. The molecule has 182 valence electrons. The number of rotatable bonds is 17. The number of nitrogens with zero attached hydrogens (tertiary/aromatic N) is 2. The maximum atomic E-state index is 11.9. The lowest BCUT2D eigenvalue weighted by Crippen LogP contribution is -2.11. The Kier molecular flexibility index (Phi) is 13.9. The molecular formula is C28H42N2O3. The Labute approximate surface area is 200 Å². The third-order valence-corrected chi connectivity index (χ3v) is 5.97. The summed E-state index contributed by atoms with van der Waals surface area (Å²) in [5.74, 6) is 1.74. The molecule has 0 spiro atoms. The van der Waals surface area contributed by atoms with E-state index in [-0.39, 0.29) is 0 Å². The molecule has 1 unspecified atom stereocenters. The van der Waals surface area contributed by atoms with E-state index in [0.29, 0.717) is 18.3 Å². The minimum atomic E-state index is -0.632. The predicted molar refractivity (Wildman–Crippen MR) is 134 cm³/mol. The van der Waals surface area contributed by atoms with Crippen LogP contribution in [0.4, 0.5) is 4.79 Å². The second kappa shape index (κ2) is 17.1. The summed E-state index contributed by atoms with van der Waals surface area (Å²) in [4.78, 5) is 20.7. The first-order chi connectivity index (χ1) is 16.2. The van der Waals surface area contributed by atoms with E-state index >= 15 is 0 Å². The molecule has 0 radical (unpaired) electrons. The van der Waals surface area contributed by atoms with Crippen molar-refractivity contribution in [3.8, 4) is 5.75 Å². The van der Waals surface area contributed by atoms with Crippen LogP contribution in [0.15, 0.2) is 42.7 Å². The summed E-state index contributed by atoms with van der Waals surface area (Å²) < 4.78 is 10.4. The average molecular weight is 455 g/mol. The van der Waals surface area contributed by atoms with Gasteiger partial charge in [-0.05, 0) is 42.5 Å². The molecule has 1 atom stereocenters. The number of benzene rings is 1. The monoisotopic (exact) mass is 454 g/mol. The standard InChI is InChI=1S/C28H42N2O3/c1-3-5-7-8-9-10-11-12-15-25(23-27-29-20-14-21-30-27)24-16-18-26(19-17-24)33-28(31)32-22-13-6-4-2/h14,16-21,25H,3-13,15,22-23H2,1-2H3. The van der Waals surface area contributed by atoms with E-state index in [2.05, 4.69) is 35.9 Å². The van der Waals surface area contributed by atoms with E-state index in [1.165, 1.54) is 56.9 Å². The van der Waals surface area contributed by atoms with Crippen LogP contribution in [0.25, 0.3) is 0 Å². The Morgan fingerprint density at radius 1 is 0.818 bits per heavy atom. The molecule has 0 aliphatic carbocycles. The van der Waals surface area contributed by atoms with Gasteiger partial charge in [-0.1, -0.05) is 90.2 Å². The largest absolute Gasteiger partial charge is 0.513 e. The summed E-state index contributed by atoms with van der Waals surface area (Å²) in [5, 5.41) is 0. The van der Waals surface area contributed by atoms with Crippen molar-refractivity contribution in [1.82, 2.24) is 9.97 Å². The molecule has 5 nitrogen and oxygen atoms in total. The van der Waals surface area contributed by atoms with Gasteiger partial charge in [0, 0.05) is 18.8 Å². The molecule has 0 N–H and O–H groups in total. The molecular weight excluding hydrogens is 412 g/mol. The van der Waals surface area contributed by atoms with Crippen LogP contribution in [-0.2, 0) is 11.2 Å². The fourth-order valence-electron chi connectivity index (χ4n) is 4.01. The molecule has 0 saturated carbocycles. The fourth-order valence-corrected chi connectivity index (χ4v) is 4.01. The first-order valence-electron chi connectivity index (χ1n) is 12.9. The molecule has 0 bridgehead atoms. The van der Waals surface area contributed by atoms with Gasteiger partial charge in [0.05, 0.1) is 6.61 Å². The van der Waals surface area contributed by atoms with Crippen LogP contribution in [-0.4, -0.2) is 22.7 Å². The number of hydrogen-bond acceptors (Lipinski definition) is 5. The summed E-state index contributed by atoms with van der Waals surface area (Å²) in [6, 6.07) is 9.67. The van der Waals surface area contributed by atoms with Crippen molar-refractivity contribution in [3.05, 3.63) is 54.1 Å². The minimum absolute atomic E-state index is 0.350. The molecule has 5 heteroatoms. The number of ether oxygens (including phenoxy) is 2. The smallest absolute Gasteiger partial charge is 0.434 e. The van der Waals surface area contributed by atoms with Crippen LogP contribution < -0.4 is 4.74 Å². The van der Waals surface area contributed by atoms with Crippen LogP contribution in [0.5, 0.6) is 5.75 Å². The average Bonchev–Trinajstić information content (AvgIpc) is 2.84. The highest BCUT2D eigenvalue weighted by molar-refractivity contribution is 5.63. The molecule has 2 aromatic rings. The summed E-state index contributed by atoms with van der Waals surface area (Å²) in [6.07, 6.45) is 18.4. The Hall–Kier alpha value is -2.43. The van der Waals surface area contributed by atoms with Crippen molar-refractivity contribution in [3.63, 3.8) is 0 Å². The third-order valence-electron chi connectivity index (χ3n) is 5.97. The number of carbonyl (C=O) groups is 1. The normalized spacial score (nSPS) is 11.8. The van der Waals surface area contributed by atoms with Crippen molar-refractivity contribution in [2.75, 3.05) is 6.61 Å². The van der Waals surface area contributed by atoms with E-state index < -0.39 is 6.16 Å². The van der Waals surface area contributed by atoms with E-state index in [1.54, 1.807) is 12.4 Å². The number of carbonyl (C=O) groups excluding carboxylic acids is 1. The predicted octanol–water partition coefficient (Wildman–Crippen LogP) is 8.04. The van der Waals surface area contributed by atoms with E-state index in [9.17, 15) is 4.79 Å². The topological polar surface area (TPSA) is 61.3 Å². The Morgan fingerprint density at radius 2 is 1.42 bits per heavy atom. The highest BCUT2D eigenvalue weighted by Crippen LogP contribution is 2.28. The van der Waals surface area contributed by atoms with Crippen molar-refractivity contribution >= 4 is 6.16 Å². The zero-order valence-electron chi connectivity index (χ0n) is 20.6. The van der Waals surface area contributed by atoms with Gasteiger partial charge in [0.1, 0.15) is 11.6 Å². The molecule has 2 rings (SSSR count). The molecule has 0 aliphatic rings. The van der Waals surface area contributed by atoms with Crippen LogP contribution >= 0.6 is 0 Å². The minimum Gasteiger partial charge on any atom is -0.434 e. The molecule has 1 aromatic heterocycles. The summed E-state index contributed by atoms with van der Waals surface area (Å²) in [5.41, 5.74) is 1.23. The third kappa shape index (κ3) is 11.8.